The molecule has 0 aliphatic carbocycles. The molecule has 2 aliphatic rings. The molecule has 0 fully saturated rings. The molecule has 194 valence electrons. The highest BCUT2D eigenvalue weighted by molar-refractivity contribution is 7.12. The van der Waals surface area contributed by atoms with Crippen LogP contribution in [-0.2, 0) is 9.59 Å². The predicted octanol–water partition coefficient (Wildman–Crippen LogP) is 5.28. The van der Waals surface area contributed by atoms with E-state index < -0.39 is 43.7 Å². The maximum atomic E-state index is 13.1. The van der Waals surface area contributed by atoms with Gasteiger partial charge in [0.2, 0.25) is 30.8 Å². The van der Waals surface area contributed by atoms with Crippen molar-refractivity contribution in [3.63, 3.8) is 0 Å². The van der Waals surface area contributed by atoms with Gasteiger partial charge in [0.25, 0.3) is 0 Å². The van der Waals surface area contributed by atoms with Crippen LogP contribution in [0.15, 0.2) is 45.2 Å². The maximum Gasteiger partial charge on any atom is 0.246 e. The summed E-state index contributed by atoms with van der Waals surface area (Å²) in [5.41, 5.74) is -3.89. The molecule has 4 rings (SSSR count). The summed E-state index contributed by atoms with van der Waals surface area (Å²) in [6, 6.07) is 7.03. The second kappa shape index (κ2) is 10.1. The Bertz CT molecular complexity index is 1120. The lowest BCUT2D eigenvalue weighted by molar-refractivity contribution is -0.161. The Morgan fingerprint density at radius 2 is 1.17 bits per heavy atom. The maximum absolute atomic E-state index is 13.1. The number of hydrogen-bond donors (Lipinski definition) is 2. The highest BCUT2D eigenvalue weighted by atomic mass is 35.6. The van der Waals surface area contributed by atoms with Gasteiger partial charge in [-0.05, 0) is 22.9 Å². The molecular formula is C20H16Cl6N4O4S2. The fraction of sp³-hybridized carbons (Fsp3) is 0.400. The number of amides is 2. The SMILES string of the molecule is O=C(CCC(=O)N1N=C(c2cccs2)CC1(O)C(Cl)(Cl)Cl)N1N=C(c2cccs2)CC1(O)C(Cl)(Cl)Cl. The van der Waals surface area contributed by atoms with Crippen LogP contribution in [0, 0.1) is 0 Å². The van der Waals surface area contributed by atoms with E-state index in [1.54, 1.807) is 35.0 Å². The summed E-state index contributed by atoms with van der Waals surface area (Å²) in [6.07, 6.45) is -1.42. The number of carbonyl (C=O) groups excluding carboxylic acids is 2. The van der Waals surface area contributed by atoms with Crippen LogP contribution < -0.4 is 0 Å². The van der Waals surface area contributed by atoms with E-state index in [0.717, 1.165) is 0 Å². The van der Waals surface area contributed by atoms with Crippen molar-refractivity contribution in [2.75, 3.05) is 0 Å². The molecule has 2 aliphatic heterocycles. The van der Waals surface area contributed by atoms with Crippen LogP contribution >= 0.6 is 92.3 Å². The first-order valence-electron chi connectivity index (χ1n) is 10.1. The van der Waals surface area contributed by atoms with E-state index in [0.29, 0.717) is 31.2 Å². The largest absolute Gasteiger partial charge is 0.365 e. The molecular weight excluding hydrogens is 637 g/mol. The normalized spacial score (nSPS) is 24.8. The zero-order valence-corrected chi connectivity index (χ0v) is 24.0. The van der Waals surface area contributed by atoms with Gasteiger partial charge in [-0.15, -0.1) is 22.7 Å². The smallest absolute Gasteiger partial charge is 0.246 e. The second-order valence-corrected chi connectivity index (χ2v) is 14.4. The van der Waals surface area contributed by atoms with Crippen LogP contribution in [0.5, 0.6) is 0 Å². The van der Waals surface area contributed by atoms with Crippen molar-refractivity contribution in [3.8, 4) is 0 Å². The Kier molecular flexibility index (Phi) is 7.99. The van der Waals surface area contributed by atoms with E-state index in [2.05, 4.69) is 10.2 Å². The van der Waals surface area contributed by atoms with E-state index >= 15 is 0 Å². The molecule has 4 heterocycles. The molecule has 2 amide bonds. The molecule has 16 heteroatoms. The first-order valence-corrected chi connectivity index (χ1v) is 14.2. The summed E-state index contributed by atoms with van der Waals surface area (Å²) in [5, 5.41) is 35.6. The van der Waals surface area contributed by atoms with Gasteiger partial charge in [0.15, 0.2) is 0 Å². The molecule has 2 aromatic rings. The van der Waals surface area contributed by atoms with Crippen LogP contribution in [0.25, 0.3) is 0 Å². The van der Waals surface area contributed by atoms with Gasteiger partial charge in [0.1, 0.15) is 0 Å². The Balaban J connectivity index is 1.55. The minimum Gasteiger partial charge on any atom is -0.365 e. The summed E-state index contributed by atoms with van der Waals surface area (Å²) in [4.78, 5) is 27.5. The van der Waals surface area contributed by atoms with E-state index in [9.17, 15) is 19.8 Å². The zero-order valence-electron chi connectivity index (χ0n) is 17.9. The van der Waals surface area contributed by atoms with Crippen molar-refractivity contribution in [2.45, 2.75) is 44.7 Å². The molecule has 0 saturated heterocycles. The van der Waals surface area contributed by atoms with Crippen molar-refractivity contribution >= 4 is 116 Å². The third-order valence-electron chi connectivity index (χ3n) is 5.51. The fourth-order valence-electron chi connectivity index (χ4n) is 3.64. The molecule has 2 unspecified atom stereocenters. The van der Waals surface area contributed by atoms with E-state index in [-0.39, 0.29) is 12.8 Å². The standard InChI is InChI=1S/C20H16Cl6N4O4S2/c21-19(22,23)17(33)9-11(13-3-1-7-35-13)27-29(17)15(31)5-6-16(32)30-18(34,20(24,25)26)10-12(28-30)14-4-2-8-36-14/h1-4,7-8,33-34H,5-6,9-10H2. The molecule has 0 radical (unpaired) electrons. The highest BCUT2D eigenvalue weighted by Crippen LogP contribution is 2.48. The van der Waals surface area contributed by atoms with E-state index in [1.165, 1.54) is 22.7 Å². The molecule has 2 atom stereocenters. The third-order valence-corrected chi connectivity index (χ3v) is 9.17. The van der Waals surface area contributed by atoms with Crippen LogP contribution in [0.4, 0.5) is 0 Å². The lowest BCUT2D eigenvalue weighted by atomic mass is 10.1. The topological polar surface area (TPSA) is 106 Å². The molecule has 0 spiro atoms. The number of alkyl halides is 6. The second-order valence-electron chi connectivity index (χ2n) is 7.94. The number of rotatable bonds is 5. The van der Waals surface area contributed by atoms with Crippen LogP contribution in [-0.4, -0.2) is 62.5 Å². The number of thiophene rings is 2. The van der Waals surface area contributed by atoms with Gasteiger partial charge in [0.05, 0.1) is 21.2 Å². The highest BCUT2D eigenvalue weighted by Gasteiger charge is 2.59. The number of nitrogens with zero attached hydrogens (tertiary/aromatic N) is 4. The monoisotopic (exact) mass is 650 g/mol. The van der Waals surface area contributed by atoms with Gasteiger partial charge in [-0.2, -0.15) is 20.2 Å². The summed E-state index contributed by atoms with van der Waals surface area (Å²) in [5.74, 6) is -1.61. The van der Waals surface area contributed by atoms with Crippen molar-refractivity contribution in [2.24, 2.45) is 10.2 Å². The van der Waals surface area contributed by atoms with Gasteiger partial charge in [0, 0.05) is 25.7 Å². The lowest BCUT2D eigenvalue weighted by Gasteiger charge is -2.37. The Hall–Kier alpha value is -0.660. The van der Waals surface area contributed by atoms with Gasteiger partial charge in [-0.3, -0.25) is 9.59 Å². The summed E-state index contributed by atoms with van der Waals surface area (Å²) in [6.45, 7) is 0. The minimum absolute atomic E-state index is 0.239. The molecule has 8 nitrogen and oxygen atoms in total. The molecule has 0 saturated carbocycles. The van der Waals surface area contributed by atoms with Gasteiger partial charge in [-0.25, -0.2) is 0 Å². The summed E-state index contributed by atoms with van der Waals surface area (Å²) >= 11 is 38.7. The number of hydrazone groups is 2. The quantitative estimate of drug-likeness (QED) is 0.429. The fourth-order valence-corrected chi connectivity index (χ4v) is 5.94. The van der Waals surface area contributed by atoms with Crippen molar-refractivity contribution < 1.29 is 19.8 Å². The van der Waals surface area contributed by atoms with Crippen LogP contribution in [0.1, 0.15) is 35.4 Å². The predicted molar refractivity (Wildman–Crippen MR) is 144 cm³/mol. The lowest BCUT2D eigenvalue weighted by Crippen LogP contribution is -2.56. The average Bonchev–Trinajstić information content (AvgIpc) is 3.56. The Morgan fingerprint density at radius 1 is 0.806 bits per heavy atom. The van der Waals surface area contributed by atoms with Crippen molar-refractivity contribution in [1.82, 2.24) is 10.0 Å². The first-order chi connectivity index (χ1) is 16.7. The molecule has 0 bridgehead atoms. The molecule has 2 N–H and O–H groups in total. The minimum atomic E-state index is -2.31. The summed E-state index contributed by atoms with van der Waals surface area (Å²) < 4.78 is -4.61. The van der Waals surface area contributed by atoms with Gasteiger partial charge >= 0.3 is 0 Å². The van der Waals surface area contributed by atoms with Crippen molar-refractivity contribution in [3.05, 3.63) is 44.8 Å². The van der Waals surface area contributed by atoms with Crippen LogP contribution in [0.2, 0.25) is 0 Å². The third kappa shape index (κ3) is 5.14. The number of hydrogen-bond acceptors (Lipinski definition) is 8. The molecule has 2 aromatic heterocycles. The van der Waals surface area contributed by atoms with E-state index in [4.69, 9.17) is 69.6 Å². The number of halogens is 6. The Morgan fingerprint density at radius 3 is 1.44 bits per heavy atom. The van der Waals surface area contributed by atoms with Crippen molar-refractivity contribution in [1.29, 1.82) is 0 Å². The number of aliphatic hydroxyl groups is 2. The molecule has 0 aromatic carbocycles. The van der Waals surface area contributed by atoms with Crippen LogP contribution in [0.3, 0.4) is 0 Å². The van der Waals surface area contributed by atoms with Gasteiger partial charge < -0.3 is 10.2 Å². The van der Waals surface area contributed by atoms with E-state index in [1.807, 2.05) is 0 Å². The number of carbonyl (C=O) groups is 2. The first kappa shape index (κ1) is 28.4. The average molecular weight is 653 g/mol. The molecule has 36 heavy (non-hydrogen) atoms. The zero-order chi connectivity index (χ0) is 26.5. The Labute approximate surface area is 243 Å². The van der Waals surface area contributed by atoms with Gasteiger partial charge in [-0.1, -0.05) is 81.7 Å². The summed E-state index contributed by atoms with van der Waals surface area (Å²) in [7, 11) is 0.